The first-order chi connectivity index (χ1) is 7.86. The second-order valence-corrected chi connectivity index (χ2v) is 7.11. The summed E-state index contributed by atoms with van der Waals surface area (Å²) in [5, 5.41) is 0.583. The summed E-state index contributed by atoms with van der Waals surface area (Å²) in [6.07, 6.45) is 5.07. The van der Waals surface area contributed by atoms with E-state index in [0.29, 0.717) is 11.1 Å². The number of amides is 1. The molecule has 0 aliphatic rings. The van der Waals surface area contributed by atoms with Gasteiger partial charge < -0.3 is 15.0 Å². The molecule has 1 aromatic carbocycles. The average Bonchev–Trinajstić information content (AvgIpc) is 2.24. The number of carbonyl (C=O) groups excluding carboxylic acids is 1. The number of hydrogen-bond acceptors (Lipinski definition) is 3. The molecule has 90 valence electrons. The Morgan fingerprint density at radius 3 is 2.65 bits per heavy atom. The first-order valence-corrected chi connectivity index (χ1v) is 7.52. The van der Waals surface area contributed by atoms with Crippen LogP contribution in [0, 0.1) is 12.3 Å². The predicted molar refractivity (Wildman–Crippen MR) is 68.4 cm³/mol. The number of nitrogens with two attached hydrogens (primary N) is 1. The van der Waals surface area contributed by atoms with Gasteiger partial charge in [0, 0.05) is 5.30 Å². The van der Waals surface area contributed by atoms with Gasteiger partial charge in [-0.05, 0) is 31.5 Å². The fourth-order valence-electron chi connectivity index (χ4n) is 1.29. The molecule has 0 fully saturated rings. The second kappa shape index (κ2) is 5.07. The Balaban J connectivity index is 3.23. The van der Waals surface area contributed by atoms with Crippen molar-refractivity contribution in [2.45, 2.75) is 0 Å². The molecule has 1 aromatic rings. The summed E-state index contributed by atoms with van der Waals surface area (Å²) in [5.74, 6) is 1.98. The van der Waals surface area contributed by atoms with E-state index in [-0.39, 0.29) is 12.2 Å². The van der Waals surface area contributed by atoms with Gasteiger partial charge in [-0.2, -0.15) is 0 Å². The number of rotatable bonds is 4. The van der Waals surface area contributed by atoms with E-state index in [1.165, 1.54) is 6.07 Å². The Kier molecular flexibility index (Phi) is 3.98. The fraction of sp³-hybridized carbons (Fsp3) is 0.250. The lowest BCUT2D eigenvalue weighted by Gasteiger charge is -2.11. The van der Waals surface area contributed by atoms with Crippen molar-refractivity contribution < 1.29 is 14.1 Å². The number of primary amides is 1. The molecule has 4 nitrogen and oxygen atoms in total. The van der Waals surface area contributed by atoms with Crippen LogP contribution >= 0.6 is 7.14 Å². The van der Waals surface area contributed by atoms with Crippen LogP contribution in [0.15, 0.2) is 18.2 Å². The van der Waals surface area contributed by atoms with Crippen molar-refractivity contribution in [1.82, 2.24) is 0 Å². The van der Waals surface area contributed by atoms with Crippen molar-refractivity contribution in [3.63, 3.8) is 0 Å². The summed E-state index contributed by atoms with van der Waals surface area (Å²) in [4.78, 5) is 11.3. The van der Waals surface area contributed by atoms with E-state index in [1.54, 1.807) is 25.5 Å². The van der Waals surface area contributed by atoms with E-state index in [1.807, 2.05) is 0 Å². The van der Waals surface area contributed by atoms with Gasteiger partial charge in [-0.15, -0.1) is 6.42 Å². The van der Waals surface area contributed by atoms with Gasteiger partial charge in [0.1, 0.15) is 19.5 Å². The SMILES string of the molecule is C#CCOc1ccc(P(C)(C)=O)cc1C(N)=O. The minimum absolute atomic E-state index is 0.0511. The molecule has 0 aliphatic carbocycles. The molecule has 0 heterocycles. The third-order valence-corrected chi connectivity index (χ3v) is 3.68. The Hall–Kier alpha value is -1.72. The van der Waals surface area contributed by atoms with E-state index < -0.39 is 13.0 Å². The molecule has 0 saturated heterocycles. The fourth-order valence-corrected chi connectivity index (χ4v) is 2.16. The number of carbonyl (C=O) groups is 1. The smallest absolute Gasteiger partial charge is 0.252 e. The topological polar surface area (TPSA) is 69.4 Å². The Bertz CT molecular complexity index is 525. The van der Waals surface area contributed by atoms with Crippen LogP contribution in [-0.4, -0.2) is 25.8 Å². The highest BCUT2D eigenvalue weighted by Crippen LogP contribution is 2.35. The van der Waals surface area contributed by atoms with E-state index >= 15 is 0 Å². The van der Waals surface area contributed by atoms with Crippen LogP contribution in [0.1, 0.15) is 10.4 Å². The van der Waals surface area contributed by atoms with Gasteiger partial charge in [-0.25, -0.2) is 0 Å². The molecule has 0 aromatic heterocycles. The largest absolute Gasteiger partial charge is 0.480 e. The van der Waals surface area contributed by atoms with Gasteiger partial charge in [-0.3, -0.25) is 4.79 Å². The summed E-state index contributed by atoms with van der Waals surface area (Å²) < 4.78 is 17.1. The third kappa shape index (κ3) is 3.37. The molecule has 17 heavy (non-hydrogen) atoms. The maximum Gasteiger partial charge on any atom is 0.252 e. The van der Waals surface area contributed by atoms with Crippen molar-refractivity contribution in [3.05, 3.63) is 23.8 Å². The summed E-state index contributed by atoms with van der Waals surface area (Å²) >= 11 is 0. The zero-order valence-corrected chi connectivity index (χ0v) is 10.7. The number of benzene rings is 1. The monoisotopic (exact) mass is 251 g/mol. The highest BCUT2D eigenvalue weighted by atomic mass is 31.2. The molecule has 0 aliphatic heterocycles. The molecule has 2 N–H and O–H groups in total. The Morgan fingerprint density at radius 2 is 2.18 bits per heavy atom. The summed E-state index contributed by atoms with van der Waals surface area (Å²) in [5.41, 5.74) is 5.43. The van der Waals surface area contributed by atoms with Crippen LogP contribution in [0.5, 0.6) is 5.75 Å². The predicted octanol–water partition coefficient (Wildman–Crippen LogP) is 1.05. The number of ether oxygens (including phenoxy) is 1. The lowest BCUT2D eigenvalue weighted by Crippen LogP contribution is -2.16. The molecule has 0 atom stereocenters. The van der Waals surface area contributed by atoms with Crippen LogP contribution in [0.25, 0.3) is 0 Å². The third-order valence-electron chi connectivity index (χ3n) is 2.16. The minimum Gasteiger partial charge on any atom is -0.480 e. The maximum atomic E-state index is 11.9. The van der Waals surface area contributed by atoms with Crippen molar-refractivity contribution in [3.8, 4) is 18.1 Å². The molecule has 0 radical (unpaired) electrons. The minimum atomic E-state index is -2.43. The van der Waals surface area contributed by atoms with Crippen molar-refractivity contribution >= 4 is 18.4 Å². The molecule has 0 unspecified atom stereocenters. The summed E-state index contributed by atoms with van der Waals surface area (Å²) in [7, 11) is -2.43. The molecule has 1 rings (SSSR count). The number of terminal acetylenes is 1. The van der Waals surface area contributed by atoms with Crippen molar-refractivity contribution in [1.29, 1.82) is 0 Å². The van der Waals surface area contributed by atoms with Gasteiger partial charge in [-0.1, -0.05) is 5.92 Å². The van der Waals surface area contributed by atoms with Gasteiger partial charge in [0.2, 0.25) is 0 Å². The number of hydrogen-bond donors (Lipinski definition) is 1. The van der Waals surface area contributed by atoms with Crippen LogP contribution in [0.2, 0.25) is 0 Å². The normalized spacial score (nSPS) is 10.6. The van der Waals surface area contributed by atoms with Gasteiger partial charge >= 0.3 is 0 Å². The molecule has 1 amide bonds. The zero-order valence-electron chi connectivity index (χ0n) is 9.77. The standard InChI is InChI=1S/C12H14NO3P/c1-4-7-16-11-6-5-9(17(2,3)15)8-10(11)12(13)14/h1,5-6,8H,7H2,2-3H3,(H2,13,14). The first-order valence-electron chi connectivity index (χ1n) is 4.92. The van der Waals surface area contributed by atoms with E-state index in [0.717, 1.165) is 0 Å². The lowest BCUT2D eigenvalue weighted by molar-refractivity contribution is 0.0997. The van der Waals surface area contributed by atoms with Crippen LogP contribution in [0.4, 0.5) is 0 Å². The van der Waals surface area contributed by atoms with Gasteiger partial charge in [0.05, 0.1) is 5.56 Å². The molecule has 5 heteroatoms. The first kappa shape index (κ1) is 13.3. The van der Waals surface area contributed by atoms with Crippen molar-refractivity contribution in [2.24, 2.45) is 5.73 Å². The average molecular weight is 251 g/mol. The highest BCUT2D eigenvalue weighted by Gasteiger charge is 2.16. The van der Waals surface area contributed by atoms with E-state index in [2.05, 4.69) is 5.92 Å². The quantitative estimate of drug-likeness (QED) is 0.642. The molecular weight excluding hydrogens is 237 g/mol. The Morgan fingerprint density at radius 1 is 1.53 bits per heavy atom. The van der Waals surface area contributed by atoms with Crippen LogP contribution in [0.3, 0.4) is 0 Å². The summed E-state index contributed by atoms with van der Waals surface area (Å²) in [6.45, 7) is 3.29. The van der Waals surface area contributed by atoms with E-state index in [4.69, 9.17) is 16.9 Å². The van der Waals surface area contributed by atoms with Crippen molar-refractivity contribution in [2.75, 3.05) is 19.9 Å². The highest BCUT2D eigenvalue weighted by molar-refractivity contribution is 7.70. The zero-order chi connectivity index (χ0) is 13.1. The molecule has 0 bridgehead atoms. The maximum absolute atomic E-state index is 11.9. The molecule has 0 saturated carbocycles. The van der Waals surface area contributed by atoms with Gasteiger partial charge in [0.25, 0.3) is 5.91 Å². The lowest BCUT2D eigenvalue weighted by atomic mass is 10.2. The molecule has 0 spiro atoms. The van der Waals surface area contributed by atoms with Crippen LogP contribution in [-0.2, 0) is 4.57 Å². The Labute approximate surface area is 101 Å². The van der Waals surface area contributed by atoms with E-state index in [9.17, 15) is 9.36 Å². The summed E-state index contributed by atoms with van der Waals surface area (Å²) in [6, 6.07) is 4.71. The molecular formula is C12H14NO3P. The van der Waals surface area contributed by atoms with Crippen LogP contribution < -0.4 is 15.8 Å². The second-order valence-electron chi connectivity index (χ2n) is 3.89. The van der Waals surface area contributed by atoms with Gasteiger partial charge in [0.15, 0.2) is 0 Å².